The van der Waals surface area contributed by atoms with E-state index in [4.69, 9.17) is 4.74 Å². The molecule has 0 aliphatic carbocycles. The lowest BCUT2D eigenvalue weighted by molar-refractivity contribution is -0.142. The molecule has 0 bridgehead atoms. The molecule has 0 saturated carbocycles. The van der Waals surface area contributed by atoms with Crippen molar-refractivity contribution < 1.29 is 19.1 Å². The van der Waals surface area contributed by atoms with Crippen LogP contribution in [0.3, 0.4) is 0 Å². The Hall–Kier alpha value is -1.89. The Labute approximate surface area is 194 Å². The molecule has 1 rings (SSSR count). The van der Waals surface area contributed by atoms with Gasteiger partial charge in [-0.2, -0.15) is 0 Å². The zero-order valence-electron chi connectivity index (χ0n) is 21.8. The van der Waals surface area contributed by atoms with Crippen molar-refractivity contribution in [2.75, 3.05) is 27.2 Å². The third kappa shape index (κ3) is 7.61. The van der Waals surface area contributed by atoms with Crippen LogP contribution in [0.5, 0.6) is 0 Å². The van der Waals surface area contributed by atoms with E-state index in [1.807, 2.05) is 41.7 Å². The monoisotopic (exact) mass is 451 g/mol. The van der Waals surface area contributed by atoms with Gasteiger partial charge in [-0.15, -0.1) is 0 Å². The van der Waals surface area contributed by atoms with Gasteiger partial charge in [0.15, 0.2) is 0 Å². The maximum Gasteiger partial charge on any atom is 0.333 e. The molecule has 2 amide bonds. The quantitative estimate of drug-likeness (QED) is 0.453. The van der Waals surface area contributed by atoms with Crippen molar-refractivity contribution in [2.45, 2.75) is 86.4 Å². The number of carbonyl (C=O) groups excluding carboxylic acids is 3. The molecule has 1 N–H and O–H groups in total. The van der Waals surface area contributed by atoms with E-state index in [0.29, 0.717) is 18.1 Å². The summed E-state index contributed by atoms with van der Waals surface area (Å²) in [6.45, 7) is 16.7. The number of nitrogens with zero attached hydrogens (tertiary/aromatic N) is 2. The van der Waals surface area contributed by atoms with Gasteiger partial charge >= 0.3 is 5.97 Å². The molecule has 1 aliphatic heterocycles. The van der Waals surface area contributed by atoms with Gasteiger partial charge in [0, 0.05) is 12.6 Å². The van der Waals surface area contributed by atoms with Gasteiger partial charge in [-0.05, 0) is 57.5 Å². The Morgan fingerprint density at radius 1 is 1.25 bits per heavy atom. The molecule has 0 spiro atoms. The van der Waals surface area contributed by atoms with Crippen LogP contribution in [0, 0.1) is 17.3 Å². The lowest BCUT2D eigenvalue weighted by Gasteiger charge is -2.40. The van der Waals surface area contributed by atoms with Crippen LogP contribution in [0.1, 0.15) is 68.2 Å². The third-order valence-electron chi connectivity index (χ3n) is 6.33. The highest BCUT2D eigenvalue weighted by atomic mass is 16.5. The summed E-state index contributed by atoms with van der Waals surface area (Å²) in [5, 5.41) is 3.06. The van der Waals surface area contributed by atoms with Gasteiger partial charge in [-0.1, -0.05) is 47.6 Å². The fraction of sp³-hybridized carbons (Fsp3) is 0.800. The van der Waals surface area contributed by atoms with Crippen LogP contribution in [0.15, 0.2) is 11.6 Å². The van der Waals surface area contributed by atoms with Crippen molar-refractivity contribution in [3.05, 3.63) is 11.6 Å². The number of likely N-dealkylation sites (tertiary alicyclic amines) is 1. The van der Waals surface area contributed by atoms with Crippen LogP contribution in [-0.4, -0.2) is 73.0 Å². The molecule has 4 unspecified atom stereocenters. The van der Waals surface area contributed by atoms with E-state index in [-0.39, 0.29) is 35.8 Å². The summed E-state index contributed by atoms with van der Waals surface area (Å²) < 4.78 is 5.09. The second kappa shape index (κ2) is 11.8. The zero-order valence-corrected chi connectivity index (χ0v) is 21.8. The first-order valence-electron chi connectivity index (χ1n) is 11.8. The van der Waals surface area contributed by atoms with Crippen LogP contribution < -0.4 is 5.32 Å². The molecular weight excluding hydrogens is 406 g/mol. The molecule has 7 heteroatoms. The van der Waals surface area contributed by atoms with Crippen molar-refractivity contribution in [3.63, 3.8) is 0 Å². The Balaban J connectivity index is 3.12. The number of ether oxygens (including phenoxy) is 1. The molecular formula is C25H45N3O4. The molecule has 1 heterocycles. The van der Waals surface area contributed by atoms with Crippen molar-refractivity contribution in [1.82, 2.24) is 15.1 Å². The average molecular weight is 452 g/mol. The van der Waals surface area contributed by atoms with E-state index in [0.717, 1.165) is 19.4 Å². The predicted octanol–water partition coefficient (Wildman–Crippen LogP) is 3.24. The van der Waals surface area contributed by atoms with Gasteiger partial charge in [-0.25, -0.2) is 4.79 Å². The lowest BCUT2D eigenvalue weighted by Crippen LogP contribution is -2.60. The smallest absolute Gasteiger partial charge is 0.333 e. The van der Waals surface area contributed by atoms with Crippen LogP contribution >= 0.6 is 0 Å². The SMILES string of the molecule is CCOC(=O)/C(C)=C/C(C(C)C)N(C)C(=O)C(NC(=O)C1CC(C)CCN1C)C(C)(C)C. The number of hydrogen-bond donors (Lipinski definition) is 1. The number of esters is 1. The lowest BCUT2D eigenvalue weighted by atomic mass is 9.84. The molecule has 1 fully saturated rings. The molecule has 184 valence electrons. The molecule has 0 aromatic carbocycles. The highest BCUT2D eigenvalue weighted by Gasteiger charge is 2.39. The van der Waals surface area contributed by atoms with E-state index in [1.54, 1.807) is 31.9 Å². The summed E-state index contributed by atoms with van der Waals surface area (Å²) in [6, 6.07) is -1.21. The molecule has 0 aromatic heterocycles. The van der Waals surface area contributed by atoms with E-state index < -0.39 is 11.5 Å². The number of hydrogen-bond acceptors (Lipinski definition) is 5. The molecule has 1 aliphatic rings. The van der Waals surface area contributed by atoms with E-state index in [2.05, 4.69) is 17.1 Å². The first-order valence-corrected chi connectivity index (χ1v) is 11.8. The van der Waals surface area contributed by atoms with E-state index in [9.17, 15) is 14.4 Å². The van der Waals surface area contributed by atoms with E-state index >= 15 is 0 Å². The normalized spacial score (nSPS) is 22.3. The molecule has 32 heavy (non-hydrogen) atoms. The number of nitrogens with one attached hydrogen (secondary N) is 1. The summed E-state index contributed by atoms with van der Waals surface area (Å²) in [5.74, 6) is -0.0807. The van der Waals surface area contributed by atoms with Gasteiger partial charge in [0.05, 0.1) is 18.7 Å². The summed E-state index contributed by atoms with van der Waals surface area (Å²) in [7, 11) is 3.70. The number of piperidine rings is 1. The summed E-state index contributed by atoms with van der Waals surface area (Å²) >= 11 is 0. The van der Waals surface area contributed by atoms with Crippen molar-refractivity contribution in [3.8, 4) is 0 Å². The van der Waals surface area contributed by atoms with Crippen molar-refractivity contribution in [2.24, 2.45) is 17.3 Å². The average Bonchev–Trinajstić information content (AvgIpc) is 2.69. The summed E-state index contributed by atoms with van der Waals surface area (Å²) in [5.41, 5.74) is 0.000687. The Morgan fingerprint density at radius 3 is 2.34 bits per heavy atom. The van der Waals surface area contributed by atoms with Crippen LogP contribution in [0.2, 0.25) is 0 Å². The zero-order chi connectivity index (χ0) is 24.8. The molecule has 7 nitrogen and oxygen atoms in total. The third-order valence-corrected chi connectivity index (χ3v) is 6.33. The van der Waals surface area contributed by atoms with Crippen molar-refractivity contribution in [1.29, 1.82) is 0 Å². The summed E-state index contributed by atoms with van der Waals surface area (Å²) in [4.78, 5) is 42.6. The van der Waals surface area contributed by atoms with Gasteiger partial charge in [0.1, 0.15) is 6.04 Å². The Kier molecular flexibility index (Phi) is 10.4. The van der Waals surface area contributed by atoms with Gasteiger partial charge in [0.2, 0.25) is 11.8 Å². The van der Waals surface area contributed by atoms with Gasteiger partial charge in [0.25, 0.3) is 0 Å². The first kappa shape index (κ1) is 28.1. The Bertz CT molecular complexity index is 696. The minimum atomic E-state index is -0.678. The fourth-order valence-electron chi connectivity index (χ4n) is 4.12. The molecule has 0 radical (unpaired) electrons. The molecule has 0 aromatic rings. The molecule has 1 saturated heterocycles. The fourth-order valence-corrected chi connectivity index (χ4v) is 4.12. The highest BCUT2D eigenvalue weighted by Crippen LogP contribution is 2.26. The maximum absolute atomic E-state index is 13.6. The minimum Gasteiger partial charge on any atom is -0.463 e. The highest BCUT2D eigenvalue weighted by molar-refractivity contribution is 5.91. The number of carbonyl (C=O) groups is 3. The standard InChI is InChI=1S/C25H45N3O4/c1-11-32-24(31)18(5)15-19(16(2)3)28(10)23(30)21(25(6,7)8)26-22(29)20-14-17(4)12-13-27(20)9/h15-17,19-21H,11-14H2,1-10H3,(H,26,29)/b18-15+. The largest absolute Gasteiger partial charge is 0.463 e. The number of amides is 2. The van der Waals surface area contributed by atoms with Crippen molar-refractivity contribution >= 4 is 17.8 Å². The van der Waals surface area contributed by atoms with Crippen LogP contribution in [0.25, 0.3) is 0 Å². The summed E-state index contributed by atoms with van der Waals surface area (Å²) in [6.07, 6.45) is 3.66. The Morgan fingerprint density at radius 2 is 1.84 bits per heavy atom. The van der Waals surface area contributed by atoms with Gasteiger partial charge in [-0.3, -0.25) is 14.5 Å². The second-order valence-corrected chi connectivity index (χ2v) is 10.7. The molecule has 4 atom stereocenters. The topological polar surface area (TPSA) is 79.0 Å². The predicted molar refractivity (Wildman–Crippen MR) is 128 cm³/mol. The number of rotatable bonds is 8. The second-order valence-electron chi connectivity index (χ2n) is 10.7. The van der Waals surface area contributed by atoms with E-state index in [1.165, 1.54) is 0 Å². The minimum absolute atomic E-state index is 0.0787. The first-order chi connectivity index (χ1) is 14.7. The number of likely N-dealkylation sites (N-methyl/N-ethyl adjacent to an activating group) is 2. The maximum atomic E-state index is 13.6. The van der Waals surface area contributed by atoms with Crippen LogP contribution in [-0.2, 0) is 19.1 Å². The van der Waals surface area contributed by atoms with Gasteiger partial charge < -0.3 is 15.0 Å². The van der Waals surface area contributed by atoms with Crippen LogP contribution in [0.4, 0.5) is 0 Å².